The maximum absolute atomic E-state index is 8.75. The molecule has 1 aromatic heterocycles. The Hall–Kier alpha value is -1.44. The van der Waals surface area contributed by atoms with Gasteiger partial charge in [0, 0.05) is 11.8 Å². The van der Waals surface area contributed by atoms with Crippen LogP contribution in [-0.2, 0) is 21.7 Å². The van der Waals surface area contributed by atoms with E-state index >= 15 is 0 Å². The van der Waals surface area contributed by atoms with Crippen molar-refractivity contribution in [2.45, 2.75) is 25.6 Å². The van der Waals surface area contributed by atoms with Gasteiger partial charge < -0.3 is 9.47 Å². The van der Waals surface area contributed by atoms with Crippen LogP contribution in [0.3, 0.4) is 0 Å². The van der Waals surface area contributed by atoms with Crippen molar-refractivity contribution in [2.24, 2.45) is 0 Å². The second-order valence-electron chi connectivity index (χ2n) is 3.83. The number of pyridine rings is 1. The molecule has 0 radical (unpaired) electrons. The molecule has 2 heterocycles. The molecule has 0 saturated carbocycles. The van der Waals surface area contributed by atoms with Gasteiger partial charge in [-0.3, -0.25) is 4.98 Å². The minimum absolute atomic E-state index is 0.276. The standard InChI is InChI=1S/C12H14N2O2/c1-12(15-8-3-9-16-12)10-4-2-7-14-11(10)5-6-13/h2,4,7H,3,5,8-9H2,1H3. The molecule has 0 aromatic carbocycles. The molecule has 0 atom stereocenters. The maximum Gasteiger partial charge on any atom is 0.193 e. The minimum atomic E-state index is -0.751. The predicted octanol–water partition coefficient (Wildman–Crippen LogP) is 1.76. The number of hydrogen-bond acceptors (Lipinski definition) is 4. The summed E-state index contributed by atoms with van der Waals surface area (Å²) in [6, 6.07) is 5.85. The van der Waals surface area contributed by atoms with E-state index in [1.165, 1.54) is 0 Å². The molecule has 0 bridgehead atoms. The van der Waals surface area contributed by atoms with Crippen molar-refractivity contribution in [3.63, 3.8) is 0 Å². The van der Waals surface area contributed by atoms with Crippen LogP contribution in [0.4, 0.5) is 0 Å². The van der Waals surface area contributed by atoms with E-state index in [9.17, 15) is 0 Å². The van der Waals surface area contributed by atoms with E-state index in [1.54, 1.807) is 6.20 Å². The van der Waals surface area contributed by atoms with Crippen LogP contribution in [0.5, 0.6) is 0 Å². The number of ether oxygens (including phenoxy) is 2. The topological polar surface area (TPSA) is 55.1 Å². The summed E-state index contributed by atoms with van der Waals surface area (Å²) >= 11 is 0. The fraction of sp³-hybridized carbons (Fsp3) is 0.500. The summed E-state index contributed by atoms with van der Waals surface area (Å²) in [5.74, 6) is -0.751. The zero-order valence-electron chi connectivity index (χ0n) is 9.27. The molecule has 1 aromatic rings. The van der Waals surface area contributed by atoms with Gasteiger partial charge in [-0.2, -0.15) is 5.26 Å². The highest BCUT2D eigenvalue weighted by molar-refractivity contribution is 5.26. The van der Waals surface area contributed by atoms with E-state index in [2.05, 4.69) is 11.1 Å². The molecular formula is C12H14N2O2. The summed E-state index contributed by atoms with van der Waals surface area (Å²) in [4.78, 5) is 4.21. The zero-order chi connectivity index (χ0) is 11.4. The quantitative estimate of drug-likeness (QED) is 0.759. The summed E-state index contributed by atoms with van der Waals surface area (Å²) < 4.78 is 11.3. The van der Waals surface area contributed by atoms with E-state index in [1.807, 2.05) is 19.1 Å². The Balaban J connectivity index is 2.34. The lowest BCUT2D eigenvalue weighted by Gasteiger charge is -2.34. The molecule has 1 saturated heterocycles. The second kappa shape index (κ2) is 4.60. The largest absolute Gasteiger partial charge is 0.346 e. The van der Waals surface area contributed by atoms with E-state index in [0.29, 0.717) is 13.2 Å². The number of hydrogen-bond donors (Lipinski definition) is 0. The molecule has 84 valence electrons. The van der Waals surface area contributed by atoms with Gasteiger partial charge in [-0.05, 0) is 19.4 Å². The molecule has 0 amide bonds. The smallest absolute Gasteiger partial charge is 0.193 e. The van der Waals surface area contributed by atoms with Crippen LogP contribution < -0.4 is 0 Å². The van der Waals surface area contributed by atoms with Crippen LogP contribution in [0.15, 0.2) is 18.3 Å². The van der Waals surface area contributed by atoms with Crippen LogP contribution in [-0.4, -0.2) is 18.2 Å². The second-order valence-corrected chi connectivity index (χ2v) is 3.83. The van der Waals surface area contributed by atoms with Gasteiger partial charge in [-0.1, -0.05) is 6.07 Å². The average molecular weight is 218 g/mol. The van der Waals surface area contributed by atoms with E-state index < -0.39 is 5.79 Å². The van der Waals surface area contributed by atoms with Gasteiger partial charge in [-0.25, -0.2) is 0 Å². The van der Waals surface area contributed by atoms with Gasteiger partial charge >= 0.3 is 0 Å². The number of nitriles is 1. The first kappa shape index (κ1) is 11.1. The van der Waals surface area contributed by atoms with Crippen molar-refractivity contribution < 1.29 is 9.47 Å². The van der Waals surface area contributed by atoms with Crippen LogP contribution in [0.1, 0.15) is 24.6 Å². The van der Waals surface area contributed by atoms with E-state index in [-0.39, 0.29) is 6.42 Å². The third-order valence-electron chi connectivity index (χ3n) is 2.67. The molecule has 4 heteroatoms. The lowest BCUT2D eigenvalue weighted by Crippen LogP contribution is -2.36. The summed E-state index contributed by atoms with van der Waals surface area (Å²) in [7, 11) is 0. The Bertz CT molecular complexity index is 406. The van der Waals surface area contributed by atoms with Crippen LogP contribution in [0.25, 0.3) is 0 Å². The lowest BCUT2D eigenvalue weighted by atomic mass is 10.0. The van der Waals surface area contributed by atoms with Crippen molar-refractivity contribution in [1.29, 1.82) is 5.26 Å². The average Bonchev–Trinajstić information content (AvgIpc) is 2.31. The van der Waals surface area contributed by atoms with Gasteiger partial charge in [0.2, 0.25) is 0 Å². The molecule has 0 spiro atoms. The van der Waals surface area contributed by atoms with Gasteiger partial charge in [-0.15, -0.1) is 0 Å². The predicted molar refractivity (Wildman–Crippen MR) is 57.4 cm³/mol. The van der Waals surface area contributed by atoms with Crippen LogP contribution in [0, 0.1) is 11.3 Å². The van der Waals surface area contributed by atoms with E-state index in [4.69, 9.17) is 14.7 Å². The summed E-state index contributed by atoms with van der Waals surface area (Å²) in [6.45, 7) is 3.23. The van der Waals surface area contributed by atoms with Gasteiger partial charge in [0.1, 0.15) is 0 Å². The first-order valence-electron chi connectivity index (χ1n) is 5.35. The van der Waals surface area contributed by atoms with Crippen molar-refractivity contribution in [2.75, 3.05) is 13.2 Å². The van der Waals surface area contributed by atoms with Crippen molar-refractivity contribution in [3.05, 3.63) is 29.6 Å². The molecule has 1 aliphatic heterocycles. The highest BCUT2D eigenvalue weighted by Crippen LogP contribution is 2.31. The van der Waals surface area contributed by atoms with Gasteiger partial charge in [0.25, 0.3) is 0 Å². The monoisotopic (exact) mass is 218 g/mol. The fourth-order valence-corrected chi connectivity index (χ4v) is 1.86. The van der Waals surface area contributed by atoms with E-state index in [0.717, 1.165) is 17.7 Å². The molecule has 4 nitrogen and oxygen atoms in total. The molecule has 0 unspecified atom stereocenters. The molecule has 1 aliphatic rings. The van der Waals surface area contributed by atoms with Crippen LogP contribution in [0.2, 0.25) is 0 Å². The SMILES string of the molecule is CC1(c2cccnc2CC#N)OCCCO1. The Morgan fingerprint density at radius 3 is 2.94 bits per heavy atom. The maximum atomic E-state index is 8.75. The summed E-state index contributed by atoms with van der Waals surface area (Å²) in [5, 5.41) is 8.75. The molecule has 1 fully saturated rings. The summed E-state index contributed by atoms with van der Waals surface area (Å²) in [5.41, 5.74) is 1.59. The first-order chi connectivity index (χ1) is 7.76. The Morgan fingerprint density at radius 1 is 1.50 bits per heavy atom. The molecule has 0 N–H and O–H groups in total. The molecule has 16 heavy (non-hydrogen) atoms. The first-order valence-corrected chi connectivity index (χ1v) is 5.35. The zero-order valence-corrected chi connectivity index (χ0v) is 9.27. The van der Waals surface area contributed by atoms with Crippen molar-refractivity contribution >= 4 is 0 Å². The third-order valence-corrected chi connectivity index (χ3v) is 2.67. The Morgan fingerprint density at radius 2 is 2.25 bits per heavy atom. The van der Waals surface area contributed by atoms with Gasteiger partial charge in [0.15, 0.2) is 5.79 Å². The molecule has 2 rings (SSSR count). The number of nitrogens with zero attached hydrogens (tertiary/aromatic N) is 2. The number of aromatic nitrogens is 1. The Labute approximate surface area is 94.8 Å². The highest BCUT2D eigenvalue weighted by Gasteiger charge is 2.33. The van der Waals surface area contributed by atoms with Gasteiger partial charge in [0.05, 0.1) is 31.4 Å². The Kier molecular flexibility index (Phi) is 3.18. The third kappa shape index (κ3) is 2.06. The van der Waals surface area contributed by atoms with Crippen molar-refractivity contribution in [1.82, 2.24) is 4.98 Å². The highest BCUT2D eigenvalue weighted by atomic mass is 16.7. The fourth-order valence-electron chi connectivity index (χ4n) is 1.86. The van der Waals surface area contributed by atoms with Crippen LogP contribution >= 0.6 is 0 Å². The molecule has 0 aliphatic carbocycles. The summed E-state index contributed by atoms with van der Waals surface area (Å²) in [6.07, 6.45) is 2.87. The lowest BCUT2D eigenvalue weighted by molar-refractivity contribution is -0.265. The number of rotatable bonds is 2. The molecular weight excluding hydrogens is 204 g/mol. The normalized spacial score (nSPS) is 19.0. The van der Waals surface area contributed by atoms with Crippen molar-refractivity contribution in [3.8, 4) is 6.07 Å². The minimum Gasteiger partial charge on any atom is -0.346 e.